The van der Waals surface area contributed by atoms with Crippen molar-refractivity contribution in [2.24, 2.45) is 7.05 Å². The van der Waals surface area contributed by atoms with Gasteiger partial charge in [-0.25, -0.2) is 9.67 Å². The van der Waals surface area contributed by atoms with Crippen molar-refractivity contribution < 1.29 is 4.92 Å². The first kappa shape index (κ1) is 17.9. The first-order valence-electron chi connectivity index (χ1n) is 8.98. The van der Waals surface area contributed by atoms with E-state index in [1.54, 1.807) is 30.0 Å². The highest BCUT2D eigenvalue weighted by Gasteiger charge is 2.32. The number of aromatic nitrogens is 3. The lowest BCUT2D eigenvalue weighted by Gasteiger charge is -2.37. The Morgan fingerprint density at radius 3 is 2.59 bits per heavy atom. The lowest BCUT2D eigenvalue weighted by Crippen LogP contribution is -2.47. The molecule has 0 N–H and O–H groups in total. The standard InChI is InChI=1S/C18H22N6O2S/c1-12-16(24(25)26)18(21(3)20-12)23-10-8-22(9-11-23)13(2)17-19-14-6-4-5-7-15(14)27-17/h4-7,13H,8-11H2,1-3H3/t13-/m0/s1. The van der Waals surface area contributed by atoms with Gasteiger partial charge >= 0.3 is 5.69 Å². The number of thiazole rings is 1. The lowest BCUT2D eigenvalue weighted by atomic mass is 10.2. The van der Waals surface area contributed by atoms with Gasteiger partial charge in [0.2, 0.25) is 5.82 Å². The first-order chi connectivity index (χ1) is 13.0. The van der Waals surface area contributed by atoms with Crippen LogP contribution in [-0.4, -0.2) is 50.8 Å². The molecule has 142 valence electrons. The van der Waals surface area contributed by atoms with Crippen LogP contribution in [0.4, 0.5) is 11.5 Å². The van der Waals surface area contributed by atoms with Crippen LogP contribution in [0, 0.1) is 17.0 Å². The fourth-order valence-electron chi connectivity index (χ4n) is 3.75. The minimum atomic E-state index is -0.326. The monoisotopic (exact) mass is 386 g/mol. The number of rotatable bonds is 4. The molecule has 0 bridgehead atoms. The minimum absolute atomic E-state index is 0.116. The third-order valence-corrected chi connectivity index (χ3v) is 6.38. The second-order valence-corrected chi connectivity index (χ2v) is 7.92. The number of fused-ring (bicyclic) bond motifs is 1. The third-order valence-electron chi connectivity index (χ3n) is 5.17. The summed E-state index contributed by atoms with van der Waals surface area (Å²) < 4.78 is 2.83. The fraction of sp³-hybridized carbons (Fsp3) is 0.444. The van der Waals surface area contributed by atoms with Crippen molar-refractivity contribution in [1.82, 2.24) is 19.7 Å². The van der Waals surface area contributed by atoms with E-state index >= 15 is 0 Å². The van der Waals surface area contributed by atoms with E-state index in [1.807, 2.05) is 18.2 Å². The molecule has 4 rings (SSSR count). The van der Waals surface area contributed by atoms with Crippen molar-refractivity contribution in [3.8, 4) is 0 Å². The zero-order chi connectivity index (χ0) is 19.1. The van der Waals surface area contributed by atoms with Gasteiger partial charge in [-0.1, -0.05) is 12.1 Å². The van der Waals surface area contributed by atoms with Crippen molar-refractivity contribution in [1.29, 1.82) is 0 Å². The number of nitrogens with zero attached hydrogens (tertiary/aromatic N) is 6. The number of anilines is 1. The Bertz CT molecular complexity index is 956. The quantitative estimate of drug-likeness (QED) is 0.506. The third kappa shape index (κ3) is 3.17. The lowest BCUT2D eigenvalue weighted by molar-refractivity contribution is -0.384. The smallest absolute Gasteiger partial charge is 0.333 e. The summed E-state index contributed by atoms with van der Waals surface area (Å²) in [5.74, 6) is 0.602. The normalized spacial score (nSPS) is 16.8. The molecule has 27 heavy (non-hydrogen) atoms. The van der Waals surface area contributed by atoms with E-state index in [-0.39, 0.29) is 16.7 Å². The average molecular weight is 386 g/mol. The summed E-state index contributed by atoms with van der Waals surface area (Å²) in [7, 11) is 1.77. The Balaban J connectivity index is 1.50. The van der Waals surface area contributed by atoms with Crippen LogP contribution < -0.4 is 4.90 Å². The number of para-hydroxylation sites is 1. The number of benzene rings is 1. The van der Waals surface area contributed by atoms with Crippen molar-refractivity contribution >= 4 is 33.1 Å². The van der Waals surface area contributed by atoms with Crippen LogP contribution >= 0.6 is 11.3 Å². The number of piperazine rings is 1. The Morgan fingerprint density at radius 2 is 1.93 bits per heavy atom. The molecular formula is C18H22N6O2S. The summed E-state index contributed by atoms with van der Waals surface area (Å²) >= 11 is 1.74. The van der Waals surface area contributed by atoms with Crippen LogP contribution in [0.5, 0.6) is 0 Å². The molecule has 0 saturated carbocycles. The Hall–Kier alpha value is -2.52. The molecule has 1 aliphatic rings. The molecule has 1 fully saturated rings. The van der Waals surface area contributed by atoms with Gasteiger partial charge < -0.3 is 4.90 Å². The molecule has 9 heteroatoms. The molecule has 1 aromatic carbocycles. The van der Waals surface area contributed by atoms with Gasteiger partial charge in [0.05, 0.1) is 21.2 Å². The number of nitro groups is 1. The van der Waals surface area contributed by atoms with E-state index < -0.39 is 0 Å². The largest absolute Gasteiger partial charge is 0.349 e. The maximum Gasteiger partial charge on any atom is 0.333 e. The maximum absolute atomic E-state index is 11.4. The summed E-state index contributed by atoms with van der Waals surface area (Å²) in [6.45, 7) is 7.00. The van der Waals surface area contributed by atoms with Crippen LogP contribution in [0.15, 0.2) is 24.3 Å². The highest BCUT2D eigenvalue weighted by Crippen LogP contribution is 2.33. The zero-order valence-electron chi connectivity index (χ0n) is 15.6. The molecule has 3 aromatic rings. The van der Waals surface area contributed by atoms with Gasteiger partial charge in [0.15, 0.2) is 0 Å². The van der Waals surface area contributed by atoms with E-state index in [0.717, 1.165) is 36.7 Å². The summed E-state index contributed by atoms with van der Waals surface area (Å²) in [6.07, 6.45) is 0. The average Bonchev–Trinajstić information content (AvgIpc) is 3.21. The number of hydrogen-bond donors (Lipinski definition) is 0. The van der Waals surface area contributed by atoms with E-state index in [0.29, 0.717) is 11.5 Å². The van der Waals surface area contributed by atoms with Gasteiger partial charge in [0.1, 0.15) is 10.7 Å². The summed E-state index contributed by atoms with van der Waals surface area (Å²) in [5.41, 5.74) is 1.62. The van der Waals surface area contributed by atoms with E-state index in [9.17, 15) is 10.1 Å². The molecule has 1 aliphatic heterocycles. The first-order valence-corrected chi connectivity index (χ1v) is 9.80. The van der Waals surface area contributed by atoms with Gasteiger partial charge in [-0.15, -0.1) is 11.3 Å². The highest BCUT2D eigenvalue weighted by atomic mass is 32.1. The van der Waals surface area contributed by atoms with Gasteiger partial charge in [-0.2, -0.15) is 5.10 Å². The van der Waals surface area contributed by atoms with Gasteiger partial charge in [-0.05, 0) is 26.0 Å². The molecule has 2 aromatic heterocycles. The maximum atomic E-state index is 11.4. The van der Waals surface area contributed by atoms with Crippen LogP contribution in [0.3, 0.4) is 0 Å². The minimum Gasteiger partial charge on any atom is -0.349 e. The molecule has 1 saturated heterocycles. The predicted octanol–water partition coefficient (Wildman–Crippen LogP) is 3.13. The Labute approximate surface area is 161 Å². The van der Waals surface area contributed by atoms with Crippen molar-refractivity contribution in [2.45, 2.75) is 19.9 Å². The Kier molecular flexibility index (Phi) is 4.56. The molecule has 8 nitrogen and oxygen atoms in total. The molecule has 1 atom stereocenters. The molecular weight excluding hydrogens is 364 g/mol. The van der Waals surface area contributed by atoms with Crippen molar-refractivity contribution in [3.05, 3.63) is 45.1 Å². The molecule has 0 radical (unpaired) electrons. The van der Waals surface area contributed by atoms with E-state index in [1.165, 1.54) is 4.70 Å². The fourth-order valence-corrected chi connectivity index (χ4v) is 4.80. The molecule has 0 spiro atoms. The van der Waals surface area contributed by atoms with E-state index in [4.69, 9.17) is 4.98 Å². The summed E-state index contributed by atoms with van der Waals surface area (Å²) in [6, 6.07) is 8.43. The molecule has 0 unspecified atom stereocenters. The second kappa shape index (κ2) is 6.90. The van der Waals surface area contributed by atoms with Crippen LogP contribution in [-0.2, 0) is 7.05 Å². The molecule has 0 aliphatic carbocycles. The summed E-state index contributed by atoms with van der Waals surface area (Å²) in [4.78, 5) is 20.4. The molecule has 3 heterocycles. The van der Waals surface area contributed by atoms with Crippen LogP contribution in [0.25, 0.3) is 10.2 Å². The SMILES string of the molecule is Cc1nn(C)c(N2CCN([C@@H](C)c3nc4ccccc4s3)CC2)c1[N+](=O)[O-]. The number of aryl methyl sites for hydroxylation is 2. The second-order valence-electron chi connectivity index (χ2n) is 6.86. The van der Waals surface area contributed by atoms with Crippen molar-refractivity contribution in [3.63, 3.8) is 0 Å². The van der Waals surface area contributed by atoms with Gasteiger partial charge in [0.25, 0.3) is 0 Å². The van der Waals surface area contributed by atoms with Crippen LogP contribution in [0.1, 0.15) is 23.7 Å². The number of hydrogen-bond acceptors (Lipinski definition) is 7. The van der Waals surface area contributed by atoms with E-state index in [2.05, 4.69) is 27.9 Å². The molecule has 0 amide bonds. The predicted molar refractivity (Wildman–Crippen MR) is 106 cm³/mol. The highest BCUT2D eigenvalue weighted by molar-refractivity contribution is 7.18. The summed E-state index contributed by atoms with van der Waals surface area (Å²) in [5, 5.41) is 16.8. The van der Waals surface area contributed by atoms with Gasteiger partial charge in [-0.3, -0.25) is 15.0 Å². The zero-order valence-corrected chi connectivity index (χ0v) is 16.4. The van der Waals surface area contributed by atoms with Gasteiger partial charge in [0, 0.05) is 33.2 Å². The topological polar surface area (TPSA) is 80.3 Å². The van der Waals surface area contributed by atoms with Crippen molar-refractivity contribution in [2.75, 3.05) is 31.1 Å². The van der Waals surface area contributed by atoms with Crippen LogP contribution in [0.2, 0.25) is 0 Å². The Morgan fingerprint density at radius 1 is 1.22 bits per heavy atom.